The maximum absolute atomic E-state index is 12.8. The first kappa shape index (κ1) is 13.0. The van der Waals surface area contributed by atoms with E-state index in [0.717, 1.165) is 17.5 Å². The molecule has 2 aliphatic heterocycles. The van der Waals surface area contributed by atoms with Gasteiger partial charge in [0.25, 0.3) is 0 Å². The van der Waals surface area contributed by atoms with Gasteiger partial charge in [-0.3, -0.25) is 9.69 Å². The van der Waals surface area contributed by atoms with E-state index in [1.807, 2.05) is 30.3 Å². The van der Waals surface area contributed by atoms with E-state index in [2.05, 4.69) is 11.9 Å². The van der Waals surface area contributed by atoms with Crippen LogP contribution in [0.25, 0.3) is 0 Å². The van der Waals surface area contributed by atoms with E-state index in [4.69, 9.17) is 5.73 Å². The summed E-state index contributed by atoms with van der Waals surface area (Å²) in [6, 6.07) is 10.5. The molecule has 1 fully saturated rings. The molecular weight excluding hydrogens is 280 g/mol. The molecule has 0 spiro atoms. The molecule has 108 valence electrons. The number of nitrogen functional groups attached to an aromatic ring is 1. The van der Waals surface area contributed by atoms with E-state index in [0.29, 0.717) is 17.1 Å². The molecule has 4 rings (SSSR count). The molecule has 4 heteroatoms. The van der Waals surface area contributed by atoms with Crippen molar-refractivity contribution in [3.05, 3.63) is 51.9 Å². The Kier molecular flexibility index (Phi) is 2.91. The summed E-state index contributed by atoms with van der Waals surface area (Å²) in [7, 11) is 2.19. The maximum Gasteiger partial charge on any atom is 0.196 e. The molecule has 1 aromatic heterocycles. The van der Waals surface area contributed by atoms with Crippen molar-refractivity contribution < 1.29 is 4.79 Å². The van der Waals surface area contributed by atoms with Crippen LogP contribution in [0.5, 0.6) is 0 Å². The number of carbonyl (C=O) groups is 1. The first-order chi connectivity index (χ1) is 10.2. The van der Waals surface area contributed by atoms with Crippen molar-refractivity contribution in [2.75, 3.05) is 12.8 Å². The molecule has 1 aromatic carbocycles. The highest BCUT2D eigenvalue weighted by atomic mass is 32.1. The molecule has 0 aliphatic carbocycles. The van der Waals surface area contributed by atoms with E-state index >= 15 is 0 Å². The lowest BCUT2D eigenvalue weighted by Gasteiger charge is -2.31. The minimum Gasteiger partial charge on any atom is -0.390 e. The molecule has 21 heavy (non-hydrogen) atoms. The first-order valence-corrected chi connectivity index (χ1v) is 8.21. The number of anilines is 1. The summed E-state index contributed by atoms with van der Waals surface area (Å²) in [5.41, 5.74) is 8.94. The monoisotopic (exact) mass is 298 g/mol. The molecule has 2 aromatic rings. The van der Waals surface area contributed by atoms with Gasteiger partial charge in [-0.2, -0.15) is 0 Å². The smallest absolute Gasteiger partial charge is 0.196 e. The first-order valence-electron chi connectivity index (χ1n) is 7.39. The van der Waals surface area contributed by atoms with Crippen LogP contribution in [0.15, 0.2) is 30.3 Å². The van der Waals surface area contributed by atoms with Gasteiger partial charge in [0.2, 0.25) is 0 Å². The minimum absolute atomic E-state index is 0.0783. The number of likely N-dealkylation sites (N-methyl/N-ethyl adjacent to an activating group) is 1. The third-order valence-electron chi connectivity index (χ3n) is 4.91. The van der Waals surface area contributed by atoms with Crippen molar-refractivity contribution in [1.29, 1.82) is 0 Å². The third kappa shape index (κ3) is 1.86. The number of nitrogens with two attached hydrogens (primary N) is 1. The normalized spacial score (nSPS) is 24.0. The van der Waals surface area contributed by atoms with E-state index in [1.54, 1.807) is 11.3 Å². The van der Waals surface area contributed by atoms with Crippen LogP contribution in [0.1, 0.15) is 45.2 Å². The molecule has 2 atom stereocenters. The lowest BCUT2D eigenvalue weighted by molar-refractivity contribution is 0.103. The highest BCUT2D eigenvalue weighted by Crippen LogP contribution is 2.49. The quantitative estimate of drug-likeness (QED) is 0.866. The Labute approximate surface area is 128 Å². The number of nitrogens with zero attached hydrogens (tertiary/aromatic N) is 1. The minimum atomic E-state index is 0.0783. The zero-order valence-corrected chi connectivity index (χ0v) is 12.8. The van der Waals surface area contributed by atoms with Crippen LogP contribution in [-0.4, -0.2) is 23.8 Å². The zero-order valence-electron chi connectivity index (χ0n) is 12.0. The second-order valence-electron chi connectivity index (χ2n) is 6.00. The number of rotatable bonds is 2. The van der Waals surface area contributed by atoms with Crippen LogP contribution in [0.4, 0.5) is 5.00 Å². The predicted molar refractivity (Wildman–Crippen MR) is 85.8 cm³/mol. The van der Waals surface area contributed by atoms with Crippen molar-refractivity contribution in [3.63, 3.8) is 0 Å². The number of thiophene rings is 1. The average Bonchev–Trinajstić information content (AvgIpc) is 2.95. The Hall–Kier alpha value is -1.65. The molecular formula is C17H18N2OS. The Bertz CT molecular complexity index is 707. The largest absolute Gasteiger partial charge is 0.390 e. The van der Waals surface area contributed by atoms with Gasteiger partial charge in [0.05, 0.1) is 10.6 Å². The van der Waals surface area contributed by atoms with Crippen LogP contribution in [0.2, 0.25) is 0 Å². The number of hydrogen-bond acceptors (Lipinski definition) is 4. The Morgan fingerprint density at radius 2 is 2.05 bits per heavy atom. The molecule has 2 bridgehead atoms. The molecule has 1 saturated heterocycles. The van der Waals surface area contributed by atoms with Crippen LogP contribution >= 0.6 is 11.3 Å². The summed E-state index contributed by atoms with van der Waals surface area (Å²) in [6.07, 6.45) is 3.37. The van der Waals surface area contributed by atoms with E-state index in [-0.39, 0.29) is 5.78 Å². The number of carbonyl (C=O) groups excluding carboxylic acids is 1. The highest BCUT2D eigenvalue weighted by Gasteiger charge is 2.41. The zero-order chi connectivity index (χ0) is 14.6. The van der Waals surface area contributed by atoms with Gasteiger partial charge < -0.3 is 5.73 Å². The van der Waals surface area contributed by atoms with Gasteiger partial charge in [-0.25, -0.2) is 0 Å². The Morgan fingerprint density at radius 1 is 1.29 bits per heavy atom. The standard InChI is InChI=1S/C17H18N2OS/c1-19-11-7-8-13(19)16-12(9-11)14(17(18)21-16)15(20)10-5-3-2-4-6-10/h2-6,11,13H,7-9,18H2,1H3. The number of benzene rings is 1. The maximum atomic E-state index is 12.8. The summed E-state index contributed by atoms with van der Waals surface area (Å²) < 4.78 is 0. The average molecular weight is 298 g/mol. The lowest BCUT2D eigenvalue weighted by Crippen LogP contribution is -2.33. The SMILES string of the molecule is CN1C2CCC1c1sc(N)c(C(=O)c3ccccc3)c1C2. The topological polar surface area (TPSA) is 46.3 Å². The lowest BCUT2D eigenvalue weighted by atomic mass is 9.93. The number of hydrogen-bond donors (Lipinski definition) is 1. The van der Waals surface area contributed by atoms with Gasteiger partial charge >= 0.3 is 0 Å². The molecule has 0 radical (unpaired) electrons. The van der Waals surface area contributed by atoms with Crippen molar-refractivity contribution in [1.82, 2.24) is 4.90 Å². The number of ketones is 1. The predicted octanol–water partition coefficient (Wildman–Crippen LogP) is 3.25. The van der Waals surface area contributed by atoms with Gasteiger partial charge in [0, 0.05) is 22.5 Å². The summed E-state index contributed by atoms with van der Waals surface area (Å²) in [5, 5.41) is 0.690. The summed E-state index contributed by atoms with van der Waals surface area (Å²) in [5.74, 6) is 0.0783. The van der Waals surface area contributed by atoms with Crippen LogP contribution in [0.3, 0.4) is 0 Å². The molecule has 2 unspecified atom stereocenters. The summed E-state index contributed by atoms with van der Waals surface area (Å²) in [4.78, 5) is 16.6. The van der Waals surface area contributed by atoms with E-state index in [1.165, 1.54) is 23.3 Å². The molecule has 0 amide bonds. The number of fused-ring (bicyclic) bond motifs is 4. The van der Waals surface area contributed by atoms with E-state index < -0.39 is 0 Å². The highest BCUT2D eigenvalue weighted by molar-refractivity contribution is 7.16. The van der Waals surface area contributed by atoms with Crippen molar-refractivity contribution in [3.8, 4) is 0 Å². The van der Waals surface area contributed by atoms with Gasteiger partial charge in [0.15, 0.2) is 5.78 Å². The van der Waals surface area contributed by atoms with Gasteiger partial charge in [0.1, 0.15) is 0 Å². The third-order valence-corrected chi connectivity index (χ3v) is 6.07. The van der Waals surface area contributed by atoms with Crippen molar-refractivity contribution in [2.45, 2.75) is 31.3 Å². The Morgan fingerprint density at radius 3 is 2.81 bits per heavy atom. The van der Waals surface area contributed by atoms with Crippen LogP contribution in [-0.2, 0) is 6.42 Å². The van der Waals surface area contributed by atoms with Crippen LogP contribution in [0, 0.1) is 0 Å². The molecule has 2 aliphatic rings. The van der Waals surface area contributed by atoms with E-state index in [9.17, 15) is 4.79 Å². The van der Waals surface area contributed by atoms with Crippen LogP contribution < -0.4 is 5.73 Å². The van der Waals surface area contributed by atoms with Crippen molar-refractivity contribution >= 4 is 22.1 Å². The molecule has 0 saturated carbocycles. The second kappa shape index (κ2) is 4.68. The molecule has 3 nitrogen and oxygen atoms in total. The van der Waals surface area contributed by atoms with Gasteiger partial charge in [-0.15, -0.1) is 11.3 Å². The summed E-state index contributed by atoms with van der Waals surface area (Å²) in [6.45, 7) is 0. The fourth-order valence-corrected chi connectivity index (χ4v) is 5.05. The molecule has 3 heterocycles. The summed E-state index contributed by atoms with van der Waals surface area (Å²) >= 11 is 1.62. The van der Waals surface area contributed by atoms with Gasteiger partial charge in [-0.05, 0) is 31.9 Å². The second-order valence-corrected chi connectivity index (χ2v) is 7.08. The van der Waals surface area contributed by atoms with Crippen molar-refractivity contribution in [2.24, 2.45) is 0 Å². The fourth-order valence-electron chi connectivity index (χ4n) is 3.77. The van der Waals surface area contributed by atoms with Gasteiger partial charge in [-0.1, -0.05) is 30.3 Å². The Balaban J connectivity index is 1.82. The fraction of sp³-hybridized carbons (Fsp3) is 0.353. The molecule has 2 N–H and O–H groups in total.